The van der Waals surface area contributed by atoms with Crippen molar-refractivity contribution in [2.75, 3.05) is 6.54 Å². The van der Waals surface area contributed by atoms with Crippen LogP contribution >= 0.6 is 11.3 Å². The molecule has 114 valence electrons. The molecule has 20 heavy (non-hydrogen) atoms. The van der Waals surface area contributed by atoms with Crippen molar-refractivity contribution in [2.45, 2.75) is 63.6 Å². The van der Waals surface area contributed by atoms with Crippen molar-refractivity contribution < 1.29 is 8.42 Å². The van der Waals surface area contributed by atoms with Gasteiger partial charge in [-0.1, -0.05) is 13.8 Å². The van der Waals surface area contributed by atoms with Crippen LogP contribution in [0, 0.1) is 0 Å². The van der Waals surface area contributed by atoms with Crippen molar-refractivity contribution in [3.05, 3.63) is 16.3 Å². The molecule has 0 bridgehead atoms. The van der Waals surface area contributed by atoms with E-state index in [1.54, 1.807) is 10.4 Å². The van der Waals surface area contributed by atoms with Gasteiger partial charge in [-0.2, -0.15) is 4.31 Å². The number of hydrogen-bond donors (Lipinski definition) is 1. The second-order valence-corrected chi connectivity index (χ2v) is 8.19. The van der Waals surface area contributed by atoms with Gasteiger partial charge in [-0.3, -0.25) is 0 Å². The minimum atomic E-state index is -3.37. The summed E-state index contributed by atoms with van der Waals surface area (Å²) in [6, 6.07) is 2.37. The van der Waals surface area contributed by atoms with Gasteiger partial charge in [-0.15, -0.1) is 11.3 Å². The van der Waals surface area contributed by atoms with Gasteiger partial charge < -0.3 is 5.32 Å². The van der Waals surface area contributed by atoms with E-state index >= 15 is 0 Å². The summed E-state index contributed by atoms with van der Waals surface area (Å²) in [5.74, 6) is 0. The summed E-state index contributed by atoms with van der Waals surface area (Å²) in [4.78, 5) is 1.41. The van der Waals surface area contributed by atoms with E-state index in [1.165, 1.54) is 24.2 Å². The Balaban J connectivity index is 2.21. The number of hydrogen-bond acceptors (Lipinski definition) is 4. The molecule has 0 aromatic carbocycles. The van der Waals surface area contributed by atoms with Gasteiger partial charge in [0.2, 0.25) is 10.0 Å². The van der Waals surface area contributed by atoms with Crippen LogP contribution in [0.15, 0.2) is 16.3 Å². The highest BCUT2D eigenvalue weighted by atomic mass is 32.2. The first-order chi connectivity index (χ1) is 9.50. The Morgan fingerprint density at radius 1 is 1.45 bits per heavy atom. The third-order valence-electron chi connectivity index (χ3n) is 3.81. The maximum absolute atomic E-state index is 12.8. The molecule has 0 aliphatic heterocycles. The molecule has 2 rings (SSSR count). The van der Waals surface area contributed by atoms with Crippen LogP contribution in [0.5, 0.6) is 0 Å². The minimum absolute atomic E-state index is 0.0362. The van der Waals surface area contributed by atoms with Crippen LogP contribution in [0.4, 0.5) is 0 Å². The first-order valence-electron chi connectivity index (χ1n) is 7.32. The van der Waals surface area contributed by atoms with Crippen molar-refractivity contribution in [3.63, 3.8) is 0 Å². The molecule has 1 heterocycles. The van der Waals surface area contributed by atoms with Crippen LogP contribution in [0.2, 0.25) is 0 Å². The van der Waals surface area contributed by atoms with Crippen molar-refractivity contribution in [2.24, 2.45) is 0 Å². The van der Waals surface area contributed by atoms with E-state index in [1.807, 2.05) is 26.2 Å². The summed E-state index contributed by atoms with van der Waals surface area (Å²) in [6.45, 7) is 7.07. The fourth-order valence-electron chi connectivity index (χ4n) is 2.26. The van der Waals surface area contributed by atoms with Crippen molar-refractivity contribution in [1.29, 1.82) is 0 Å². The van der Waals surface area contributed by atoms with E-state index in [0.717, 1.165) is 11.3 Å². The highest BCUT2D eigenvalue weighted by Crippen LogP contribution is 2.28. The number of nitrogens with zero attached hydrogens (tertiary/aromatic N) is 1. The lowest BCUT2D eigenvalue weighted by atomic mass is 10.3. The molecule has 4 nitrogen and oxygen atoms in total. The molecule has 1 fully saturated rings. The van der Waals surface area contributed by atoms with Gasteiger partial charge in [0, 0.05) is 30.1 Å². The molecule has 0 saturated heterocycles. The van der Waals surface area contributed by atoms with E-state index in [2.05, 4.69) is 5.32 Å². The summed E-state index contributed by atoms with van der Waals surface area (Å²) in [5, 5.41) is 5.28. The Kier molecular flexibility index (Phi) is 5.23. The third-order valence-corrected chi connectivity index (χ3v) is 7.04. The second kappa shape index (κ2) is 6.56. The van der Waals surface area contributed by atoms with Crippen LogP contribution in [-0.4, -0.2) is 31.4 Å². The predicted molar refractivity (Wildman–Crippen MR) is 83.5 cm³/mol. The summed E-state index contributed by atoms with van der Waals surface area (Å²) in [7, 11) is -3.37. The van der Waals surface area contributed by atoms with Crippen molar-refractivity contribution in [1.82, 2.24) is 9.62 Å². The standard InChI is InChI=1S/C14H24N2O2S2/c1-4-11(3)16(5-2)20(17,18)14-8-9-19-13(14)10-15-12-6-7-12/h8-9,11-12,15H,4-7,10H2,1-3H3. The molecule has 0 amide bonds. The number of thiophene rings is 1. The lowest BCUT2D eigenvalue weighted by Crippen LogP contribution is -2.38. The predicted octanol–water partition coefficient (Wildman–Crippen LogP) is 2.81. The maximum atomic E-state index is 12.8. The molecule has 1 aliphatic carbocycles. The van der Waals surface area contributed by atoms with E-state index in [-0.39, 0.29) is 6.04 Å². The first kappa shape index (κ1) is 15.9. The molecule has 0 radical (unpaired) electrons. The van der Waals surface area contributed by atoms with Crippen molar-refractivity contribution >= 4 is 21.4 Å². The van der Waals surface area contributed by atoms with Gasteiger partial charge >= 0.3 is 0 Å². The Labute approximate surface area is 126 Å². The monoisotopic (exact) mass is 316 g/mol. The van der Waals surface area contributed by atoms with Crippen LogP contribution < -0.4 is 5.32 Å². The van der Waals surface area contributed by atoms with Gasteiger partial charge in [-0.05, 0) is 37.6 Å². The molecular weight excluding hydrogens is 292 g/mol. The molecule has 1 atom stereocenters. The number of sulfonamides is 1. The SMILES string of the molecule is CCC(C)N(CC)S(=O)(=O)c1ccsc1CNC1CC1. The molecule has 1 aromatic heterocycles. The van der Waals surface area contributed by atoms with E-state index in [4.69, 9.17) is 0 Å². The Morgan fingerprint density at radius 2 is 2.15 bits per heavy atom. The molecule has 1 saturated carbocycles. The smallest absolute Gasteiger partial charge is 0.244 e. The van der Waals surface area contributed by atoms with Gasteiger partial charge in [-0.25, -0.2) is 8.42 Å². The molecule has 1 aromatic rings. The Morgan fingerprint density at radius 3 is 2.70 bits per heavy atom. The largest absolute Gasteiger partial charge is 0.309 e. The first-order valence-corrected chi connectivity index (χ1v) is 9.64. The van der Waals surface area contributed by atoms with Gasteiger partial charge in [0.05, 0.1) is 4.90 Å². The zero-order valence-electron chi connectivity index (χ0n) is 12.4. The third kappa shape index (κ3) is 3.42. The number of nitrogens with one attached hydrogen (secondary N) is 1. The van der Waals surface area contributed by atoms with Crippen molar-refractivity contribution in [3.8, 4) is 0 Å². The maximum Gasteiger partial charge on any atom is 0.244 e. The van der Waals surface area contributed by atoms with Crippen LogP contribution in [0.3, 0.4) is 0 Å². The van der Waals surface area contributed by atoms with Gasteiger partial charge in [0.15, 0.2) is 0 Å². The summed E-state index contributed by atoms with van der Waals surface area (Å²) in [6.07, 6.45) is 3.25. The van der Waals surface area contributed by atoms with Gasteiger partial charge in [0.25, 0.3) is 0 Å². The van der Waals surface area contributed by atoms with Crippen LogP contribution in [-0.2, 0) is 16.6 Å². The van der Waals surface area contributed by atoms with Crippen LogP contribution in [0.1, 0.15) is 44.9 Å². The highest BCUT2D eigenvalue weighted by Gasteiger charge is 2.30. The second-order valence-electron chi connectivity index (χ2n) is 5.33. The van der Waals surface area contributed by atoms with E-state index in [0.29, 0.717) is 24.0 Å². The zero-order valence-corrected chi connectivity index (χ0v) is 14.1. The fraction of sp³-hybridized carbons (Fsp3) is 0.714. The van der Waals surface area contributed by atoms with Gasteiger partial charge in [0.1, 0.15) is 0 Å². The zero-order chi connectivity index (χ0) is 14.8. The highest BCUT2D eigenvalue weighted by molar-refractivity contribution is 7.89. The lowest BCUT2D eigenvalue weighted by molar-refractivity contribution is 0.342. The number of rotatable bonds is 8. The van der Waals surface area contributed by atoms with Crippen LogP contribution in [0.25, 0.3) is 0 Å². The average Bonchev–Trinajstić information content (AvgIpc) is 3.12. The molecule has 0 spiro atoms. The topological polar surface area (TPSA) is 49.4 Å². The molecular formula is C14H24N2O2S2. The summed E-state index contributed by atoms with van der Waals surface area (Å²) < 4.78 is 27.2. The Bertz CT molecular complexity index is 535. The quantitative estimate of drug-likeness (QED) is 0.802. The molecule has 6 heteroatoms. The average molecular weight is 316 g/mol. The molecule has 1 aliphatic rings. The normalized spacial score (nSPS) is 17.6. The van der Waals surface area contributed by atoms with E-state index < -0.39 is 10.0 Å². The minimum Gasteiger partial charge on any atom is -0.309 e. The Hall–Kier alpha value is -0.430. The lowest BCUT2D eigenvalue weighted by Gasteiger charge is -2.26. The molecule has 1 N–H and O–H groups in total. The summed E-state index contributed by atoms with van der Waals surface area (Å²) in [5.41, 5.74) is 0. The van der Waals surface area contributed by atoms with E-state index in [9.17, 15) is 8.42 Å². The fourth-order valence-corrected chi connectivity index (χ4v) is 5.34. The molecule has 1 unspecified atom stereocenters. The summed E-state index contributed by atoms with van der Waals surface area (Å²) >= 11 is 1.53.